The van der Waals surface area contributed by atoms with Gasteiger partial charge in [0.25, 0.3) is 0 Å². The first-order chi connectivity index (χ1) is 11.6. The summed E-state index contributed by atoms with van der Waals surface area (Å²) in [5.41, 5.74) is 5.59. The number of nitrogens with zero attached hydrogens (tertiary/aromatic N) is 3. The first kappa shape index (κ1) is 15.9. The minimum absolute atomic E-state index is 0.471. The largest absolute Gasteiger partial charge is 0.339 e. The Bertz CT molecular complexity index is 827. The quantitative estimate of drug-likeness (QED) is 0.723. The molecule has 5 heteroatoms. The molecule has 0 radical (unpaired) electrons. The zero-order chi connectivity index (χ0) is 16.9. The van der Waals surface area contributed by atoms with Crippen molar-refractivity contribution in [3.05, 3.63) is 65.4 Å². The normalized spacial score (nSPS) is 10.5. The van der Waals surface area contributed by atoms with E-state index in [-0.39, 0.29) is 0 Å². The van der Waals surface area contributed by atoms with E-state index in [1.807, 2.05) is 19.1 Å². The highest BCUT2D eigenvalue weighted by molar-refractivity contribution is 5.61. The monoisotopic (exact) mass is 319 g/mol. The summed E-state index contributed by atoms with van der Waals surface area (Å²) in [6.45, 7) is 6.25. The van der Waals surface area contributed by atoms with Crippen LogP contribution >= 0.6 is 0 Å². The maximum Gasteiger partial charge on any atom is 0.249 e. The van der Waals surface area contributed by atoms with Crippen molar-refractivity contribution in [2.75, 3.05) is 10.6 Å². The number of hydrogen-bond donors (Lipinski definition) is 2. The number of aryl methyl sites for hydroxylation is 3. The minimum atomic E-state index is 0.471. The molecule has 0 bridgehead atoms. The van der Waals surface area contributed by atoms with Crippen LogP contribution in [0.25, 0.3) is 0 Å². The Kier molecular flexibility index (Phi) is 4.70. The molecule has 0 unspecified atom stereocenters. The Morgan fingerprint density at radius 3 is 2.50 bits per heavy atom. The van der Waals surface area contributed by atoms with E-state index < -0.39 is 0 Å². The van der Waals surface area contributed by atoms with Crippen LogP contribution in [-0.4, -0.2) is 15.2 Å². The van der Waals surface area contributed by atoms with E-state index in [0.29, 0.717) is 11.8 Å². The second kappa shape index (κ2) is 7.08. The van der Waals surface area contributed by atoms with Gasteiger partial charge < -0.3 is 10.6 Å². The molecule has 1 aromatic heterocycles. The minimum Gasteiger partial charge on any atom is -0.339 e. The van der Waals surface area contributed by atoms with Crippen LogP contribution in [0, 0.1) is 13.8 Å². The second-order valence-corrected chi connectivity index (χ2v) is 5.78. The van der Waals surface area contributed by atoms with Gasteiger partial charge >= 0.3 is 0 Å². The maximum absolute atomic E-state index is 4.48. The van der Waals surface area contributed by atoms with Crippen molar-refractivity contribution in [3.63, 3.8) is 0 Å². The fraction of sp³-hybridized carbons (Fsp3) is 0.211. The lowest BCUT2D eigenvalue weighted by Crippen LogP contribution is -2.03. The Balaban J connectivity index is 1.77. The molecule has 0 aliphatic carbocycles. The van der Waals surface area contributed by atoms with Gasteiger partial charge in [-0.15, -0.1) is 5.10 Å². The SMILES string of the molecule is CCc1ccc(Nc2cnnc(Nc3cc(C)ccc3C)n2)cc1. The third-order valence-corrected chi connectivity index (χ3v) is 3.83. The number of hydrogen-bond acceptors (Lipinski definition) is 5. The highest BCUT2D eigenvalue weighted by atomic mass is 15.3. The Labute approximate surface area is 142 Å². The van der Waals surface area contributed by atoms with Crippen LogP contribution in [0.5, 0.6) is 0 Å². The summed E-state index contributed by atoms with van der Waals surface area (Å²) in [5, 5.41) is 14.6. The van der Waals surface area contributed by atoms with Gasteiger partial charge in [-0.1, -0.05) is 31.2 Å². The van der Waals surface area contributed by atoms with Crippen LogP contribution in [0.3, 0.4) is 0 Å². The smallest absolute Gasteiger partial charge is 0.249 e. The number of rotatable bonds is 5. The number of benzene rings is 2. The molecule has 3 rings (SSSR count). The van der Waals surface area contributed by atoms with Crippen LogP contribution in [0.4, 0.5) is 23.1 Å². The topological polar surface area (TPSA) is 62.7 Å². The van der Waals surface area contributed by atoms with Gasteiger partial charge in [0.05, 0.1) is 6.20 Å². The molecule has 0 aliphatic rings. The molecule has 0 fully saturated rings. The highest BCUT2D eigenvalue weighted by Crippen LogP contribution is 2.21. The van der Waals surface area contributed by atoms with Gasteiger partial charge in [-0.2, -0.15) is 10.1 Å². The molecule has 0 aliphatic heterocycles. The summed E-state index contributed by atoms with van der Waals surface area (Å²) >= 11 is 0. The fourth-order valence-electron chi connectivity index (χ4n) is 2.38. The summed E-state index contributed by atoms with van der Waals surface area (Å²) in [5.74, 6) is 1.13. The second-order valence-electron chi connectivity index (χ2n) is 5.78. The molecule has 122 valence electrons. The summed E-state index contributed by atoms with van der Waals surface area (Å²) in [6, 6.07) is 14.5. The van der Waals surface area contributed by atoms with E-state index in [4.69, 9.17) is 0 Å². The van der Waals surface area contributed by atoms with Gasteiger partial charge in [-0.3, -0.25) is 0 Å². The van der Waals surface area contributed by atoms with Gasteiger partial charge in [-0.05, 0) is 55.2 Å². The average molecular weight is 319 g/mol. The number of aromatic nitrogens is 3. The Hall–Kier alpha value is -2.95. The Morgan fingerprint density at radius 1 is 0.958 bits per heavy atom. The van der Waals surface area contributed by atoms with Crippen molar-refractivity contribution < 1.29 is 0 Å². The fourth-order valence-corrected chi connectivity index (χ4v) is 2.38. The molecule has 2 aromatic carbocycles. The van der Waals surface area contributed by atoms with Gasteiger partial charge in [-0.25, -0.2) is 0 Å². The van der Waals surface area contributed by atoms with Crippen LogP contribution in [0.2, 0.25) is 0 Å². The number of nitrogens with one attached hydrogen (secondary N) is 2. The van der Waals surface area contributed by atoms with E-state index in [9.17, 15) is 0 Å². The molecule has 0 saturated carbocycles. The first-order valence-electron chi connectivity index (χ1n) is 8.04. The average Bonchev–Trinajstić information content (AvgIpc) is 2.59. The lowest BCUT2D eigenvalue weighted by atomic mass is 10.1. The van der Waals surface area contributed by atoms with Crippen LogP contribution < -0.4 is 10.6 Å². The molecule has 0 saturated heterocycles. The first-order valence-corrected chi connectivity index (χ1v) is 8.04. The molecule has 0 spiro atoms. The summed E-state index contributed by atoms with van der Waals surface area (Å²) in [7, 11) is 0. The van der Waals surface area contributed by atoms with Gasteiger partial charge in [0, 0.05) is 11.4 Å². The van der Waals surface area contributed by atoms with E-state index in [0.717, 1.165) is 23.4 Å². The molecule has 5 nitrogen and oxygen atoms in total. The van der Waals surface area contributed by atoms with Gasteiger partial charge in [0.1, 0.15) is 0 Å². The van der Waals surface area contributed by atoms with Crippen molar-refractivity contribution in [3.8, 4) is 0 Å². The van der Waals surface area contributed by atoms with Crippen molar-refractivity contribution in [2.45, 2.75) is 27.2 Å². The zero-order valence-corrected chi connectivity index (χ0v) is 14.2. The maximum atomic E-state index is 4.48. The summed E-state index contributed by atoms with van der Waals surface area (Å²) in [6.07, 6.45) is 2.64. The Morgan fingerprint density at radius 2 is 1.75 bits per heavy atom. The molecule has 2 N–H and O–H groups in total. The third kappa shape index (κ3) is 3.87. The molecule has 24 heavy (non-hydrogen) atoms. The molecular formula is C19H21N5. The lowest BCUT2D eigenvalue weighted by molar-refractivity contribution is 0.981. The van der Waals surface area contributed by atoms with Crippen molar-refractivity contribution >= 4 is 23.1 Å². The number of anilines is 4. The molecule has 3 aromatic rings. The van der Waals surface area contributed by atoms with Crippen molar-refractivity contribution in [1.82, 2.24) is 15.2 Å². The molecule has 0 amide bonds. The lowest BCUT2D eigenvalue weighted by Gasteiger charge is -2.10. The predicted octanol–water partition coefficient (Wildman–Crippen LogP) is 4.54. The predicted molar refractivity (Wildman–Crippen MR) is 98.1 cm³/mol. The van der Waals surface area contributed by atoms with Crippen LogP contribution in [0.1, 0.15) is 23.6 Å². The van der Waals surface area contributed by atoms with E-state index in [1.165, 1.54) is 11.1 Å². The van der Waals surface area contributed by atoms with Crippen molar-refractivity contribution in [1.29, 1.82) is 0 Å². The highest BCUT2D eigenvalue weighted by Gasteiger charge is 2.04. The summed E-state index contributed by atoms with van der Waals surface area (Å²) in [4.78, 5) is 4.48. The van der Waals surface area contributed by atoms with Crippen molar-refractivity contribution in [2.24, 2.45) is 0 Å². The standard InChI is InChI=1S/C19H21N5/c1-4-15-7-9-16(10-8-15)21-18-12-20-24-19(23-18)22-17-11-13(2)5-6-14(17)3/h5-12H,4H2,1-3H3,(H2,21,22,23,24). The third-order valence-electron chi connectivity index (χ3n) is 3.83. The van der Waals surface area contributed by atoms with E-state index >= 15 is 0 Å². The summed E-state index contributed by atoms with van der Waals surface area (Å²) < 4.78 is 0. The van der Waals surface area contributed by atoms with E-state index in [1.54, 1.807) is 6.20 Å². The van der Waals surface area contributed by atoms with Crippen LogP contribution in [-0.2, 0) is 6.42 Å². The molecule has 0 atom stereocenters. The van der Waals surface area contributed by atoms with Crippen LogP contribution in [0.15, 0.2) is 48.7 Å². The van der Waals surface area contributed by atoms with Gasteiger partial charge in [0.2, 0.25) is 5.95 Å². The molecule has 1 heterocycles. The molecular weight excluding hydrogens is 298 g/mol. The van der Waals surface area contributed by atoms with Gasteiger partial charge in [0.15, 0.2) is 5.82 Å². The zero-order valence-electron chi connectivity index (χ0n) is 14.2. The van der Waals surface area contributed by atoms with E-state index in [2.05, 4.69) is 70.0 Å².